The number of benzene rings is 1. The summed E-state index contributed by atoms with van der Waals surface area (Å²) in [5.41, 5.74) is 2.77. The molecule has 1 aromatic carbocycles. The normalized spacial score (nSPS) is 20.9. The van der Waals surface area contributed by atoms with Gasteiger partial charge in [-0.3, -0.25) is 0 Å². The second-order valence-corrected chi connectivity index (χ2v) is 8.18. The lowest BCUT2D eigenvalue weighted by Crippen LogP contribution is -2.35. The van der Waals surface area contributed by atoms with Crippen LogP contribution in [0, 0.1) is 5.92 Å². The summed E-state index contributed by atoms with van der Waals surface area (Å²) in [6.45, 7) is 9.71. The highest BCUT2D eigenvalue weighted by Gasteiger charge is 2.33. The van der Waals surface area contributed by atoms with Gasteiger partial charge in [-0.1, -0.05) is 35.8 Å². The quantitative estimate of drug-likeness (QED) is 0.444. The SMILES string of the molecule is CCCN(CCC)C(C)CCC1Cc2cc(Br)ccc2C1OCOC. The van der Waals surface area contributed by atoms with Gasteiger partial charge in [0.1, 0.15) is 6.79 Å². The summed E-state index contributed by atoms with van der Waals surface area (Å²) in [6, 6.07) is 7.22. The van der Waals surface area contributed by atoms with Crippen LogP contribution in [0.3, 0.4) is 0 Å². The molecular weight excluding hydrogens is 378 g/mol. The van der Waals surface area contributed by atoms with E-state index in [-0.39, 0.29) is 6.10 Å². The third kappa shape index (κ3) is 5.78. The average molecular weight is 412 g/mol. The summed E-state index contributed by atoms with van der Waals surface area (Å²) in [4.78, 5) is 2.64. The minimum atomic E-state index is 0.168. The topological polar surface area (TPSA) is 21.7 Å². The van der Waals surface area contributed by atoms with Crippen molar-refractivity contribution < 1.29 is 9.47 Å². The van der Waals surface area contributed by atoms with Crippen LogP contribution < -0.4 is 0 Å². The molecule has 4 heteroatoms. The van der Waals surface area contributed by atoms with Gasteiger partial charge in [0.2, 0.25) is 0 Å². The standard InChI is InChI=1S/C21H34BrNO2/c1-5-11-23(12-6-2)16(3)7-8-17-13-18-14-19(22)9-10-20(18)21(17)25-15-24-4/h9-10,14,16-17,21H,5-8,11-13,15H2,1-4H3. The summed E-state index contributed by atoms with van der Waals surface area (Å²) in [6.07, 6.45) is 6.16. The second-order valence-electron chi connectivity index (χ2n) is 7.26. The van der Waals surface area contributed by atoms with Gasteiger partial charge in [0.25, 0.3) is 0 Å². The molecule has 0 aromatic heterocycles. The highest BCUT2D eigenvalue weighted by Crippen LogP contribution is 2.42. The van der Waals surface area contributed by atoms with Crippen LogP contribution in [-0.2, 0) is 15.9 Å². The zero-order valence-corrected chi connectivity index (χ0v) is 17.8. The fraction of sp³-hybridized carbons (Fsp3) is 0.714. The molecule has 1 aliphatic rings. The van der Waals surface area contributed by atoms with Crippen LogP contribution in [-0.4, -0.2) is 37.9 Å². The Morgan fingerprint density at radius 1 is 1.24 bits per heavy atom. The number of nitrogens with zero attached hydrogens (tertiary/aromatic N) is 1. The van der Waals surface area contributed by atoms with E-state index in [1.54, 1.807) is 7.11 Å². The summed E-state index contributed by atoms with van der Waals surface area (Å²) in [5, 5.41) is 0. The van der Waals surface area contributed by atoms with Gasteiger partial charge in [0.15, 0.2) is 0 Å². The van der Waals surface area contributed by atoms with E-state index in [4.69, 9.17) is 9.47 Å². The zero-order valence-electron chi connectivity index (χ0n) is 16.3. The predicted molar refractivity (Wildman–Crippen MR) is 108 cm³/mol. The van der Waals surface area contributed by atoms with Crippen LogP contribution in [0.1, 0.15) is 63.7 Å². The largest absolute Gasteiger partial charge is 0.359 e. The van der Waals surface area contributed by atoms with E-state index in [0.717, 1.165) is 10.9 Å². The Labute approximate surface area is 162 Å². The van der Waals surface area contributed by atoms with Gasteiger partial charge in [-0.05, 0) is 81.3 Å². The van der Waals surface area contributed by atoms with Crippen molar-refractivity contribution in [3.8, 4) is 0 Å². The minimum Gasteiger partial charge on any atom is -0.359 e. The van der Waals surface area contributed by atoms with Crippen LogP contribution in [0.25, 0.3) is 0 Å². The fourth-order valence-electron chi connectivity index (χ4n) is 4.06. The molecule has 0 N–H and O–H groups in total. The van der Waals surface area contributed by atoms with Crippen molar-refractivity contribution in [2.45, 2.75) is 65.0 Å². The number of halogens is 1. The number of rotatable bonds is 11. The number of hydrogen-bond donors (Lipinski definition) is 0. The first-order chi connectivity index (χ1) is 12.1. The number of fused-ring (bicyclic) bond motifs is 1. The maximum atomic E-state index is 6.07. The van der Waals surface area contributed by atoms with Gasteiger partial charge in [-0.2, -0.15) is 0 Å². The zero-order chi connectivity index (χ0) is 18.2. The van der Waals surface area contributed by atoms with E-state index < -0.39 is 0 Å². The molecular formula is C21H34BrNO2. The molecule has 0 fully saturated rings. The van der Waals surface area contributed by atoms with E-state index in [1.165, 1.54) is 49.9 Å². The lowest BCUT2D eigenvalue weighted by Gasteiger charge is -2.30. The van der Waals surface area contributed by atoms with Gasteiger partial charge in [-0.15, -0.1) is 0 Å². The van der Waals surface area contributed by atoms with Gasteiger partial charge >= 0.3 is 0 Å². The van der Waals surface area contributed by atoms with E-state index in [1.807, 2.05) is 0 Å². The fourth-order valence-corrected chi connectivity index (χ4v) is 4.47. The third-order valence-electron chi connectivity index (χ3n) is 5.29. The molecule has 25 heavy (non-hydrogen) atoms. The van der Waals surface area contributed by atoms with Gasteiger partial charge in [0.05, 0.1) is 6.10 Å². The van der Waals surface area contributed by atoms with Crippen molar-refractivity contribution in [1.82, 2.24) is 4.90 Å². The molecule has 0 heterocycles. The molecule has 3 atom stereocenters. The van der Waals surface area contributed by atoms with E-state index in [2.05, 4.69) is 59.8 Å². The van der Waals surface area contributed by atoms with E-state index in [9.17, 15) is 0 Å². The van der Waals surface area contributed by atoms with Crippen molar-refractivity contribution in [1.29, 1.82) is 0 Å². The molecule has 0 saturated carbocycles. The Kier molecular flexibility index (Phi) is 8.91. The van der Waals surface area contributed by atoms with Crippen molar-refractivity contribution in [3.05, 3.63) is 33.8 Å². The first kappa shape index (κ1) is 20.9. The van der Waals surface area contributed by atoms with Crippen LogP contribution in [0.5, 0.6) is 0 Å². The third-order valence-corrected chi connectivity index (χ3v) is 5.78. The Morgan fingerprint density at radius 2 is 1.96 bits per heavy atom. The molecule has 0 saturated heterocycles. The van der Waals surface area contributed by atoms with Crippen molar-refractivity contribution in [2.75, 3.05) is 27.0 Å². The van der Waals surface area contributed by atoms with Crippen LogP contribution in [0.15, 0.2) is 22.7 Å². The summed E-state index contributed by atoms with van der Waals surface area (Å²) >= 11 is 3.60. The average Bonchev–Trinajstić information content (AvgIpc) is 2.94. The molecule has 0 spiro atoms. The highest BCUT2D eigenvalue weighted by molar-refractivity contribution is 9.10. The lowest BCUT2D eigenvalue weighted by molar-refractivity contribution is -0.0904. The molecule has 2 rings (SSSR count). The monoisotopic (exact) mass is 411 g/mol. The maximum absolute atomic E-state index is 6.07. The van der Waals surface area contributed by atoms with Crippen LogP contribution in [0.2, 0.25) is 0 Å². The highest BCUT2D eigenvalue weighted by atomic mass is 79.9. The molecule has 0 aliphatic heterocycles. The lowest BCUT2D eigenvalue weighted by atomic mass is 9.94. The van der Waals surface area contributed by atoms with Crippen LogP contribution in [0.4, 0.5) is 0 Å². The molecule has 0 amide bonds. The Bertz CT molecular complexity index is 517. The smallest absolute Gasteiger partial charge is 0.147 e. The van der Waals surface area contributed by atoms with Gasteiger partial charge < -0.3 is 14.4 Å². The molecule has 1 aromatic rings. The number of hydrogen-bond acceptors (Lipinski definition) is 3. The Balaban J connectivity index is 2.00. The van der Waals surface area contributed by atoms with Gasteiger partial charge in [-0.25, -0.2) is 0 Å². The maximum Gasteiger partial charge on any atom is 0.147 e. The van der Waals surface area contributed by atoms with Crippen molar-refractivity contribution in [2.24, 2.45) is 5.92 Å². The Hall–Kier alpha value is -0.420. The molecule has 3 nitrogen and oxygen atoms in total. The summed E-state index contributed by atoms with van der Waals surface area (Å²) in [7, 11) is 1.70. The first-order valence-electron chi connectivity index (χ1n) is 9.73. The molecule has 0 bridgehead atoms. The molecule has 142 valence electrons. The molecule has 1 aliphatic carbocycles. The summed E-state index contributed by atoms with van der Waals surface area (Å²) < 4.78 is 12.4. The number of methoxy groups -OCH3 is 1. The van der Waals surface area contributed by atoms with Crippen molar-refractivity contribution in [3.63, 3.8) is 0 Å². The first-order valence-corrected chi connectivity index (χ1v) is 10.5. The van der Waals surface area contributed by atoms with E-state index in [0.29, 0.717) is 18.8 Å². The molecule has 3 unspecified atom stereocenters. The van der Waals surface area contributed by atoms with Crippen molar-refractivity contribution >= 4 is 15.9 Å². The van der Waals surface area contributed by atoms with E-state index >= 15 is 0 Å². The Morgan fingerprint density at radius 3 is 2.60 bits per heavy atom. The summed E-state index contributed by atoms with van der Waals surface area (Å²) in [5.74, 6) is 0.548. The predicted octanol–water partition coefficient (Wildman–Crippen LogP) is 5.57. The van der Waals surface area contributed by atoms with Gasteiger partial charge in [0, 0.05) is 17.6 Å². The minimum absolute atomic E-state index is 0.168. The second kappa shape index (κ2) is 10.7. The number of ether oxygens (including phenoxy) is 2. The van der Waals surface area contributed by atoms with Crippen LogP contribution >= 0.6 is 15.9 Å². The molecule has 0 radical (unpaired) electrons.